The molecule has 0 radical (unpaired) electrons. The number of rotatable bonds is 2. The van der Waals surface area contributed by atoms with Gasteiger partial charge in [0.2, 0.25) is 0 Å². The van der Waals surface area contributed by atoms with E-state index in [0.29, 0.717) is 6.61 Å². The highest BCUT2D eigenvalue weighted by molar-refractivity contribution is 4.84. The van der Waals surface area contributed by atoms with Crippen LogP contribution in [-0.2, 0) is 0 Å². The van der Waals surface area contributed by atoms with Crippen molar-refractivity contribution in [2.45, 2.75) is 46.1 Å². The first-order valence-corrected chi connectivity index (χ1v) is 5.45. The summed E-state index contributed by atoms with van der Waals surface area (Å²) < 4.78 is 0. The van der Waals surface area contributed by atoms with Crippen LogP contribution in [0.4, 0.5) is 0 Å². The minimum Gasteiger partial charge on any atom is -0.396 e. The van der Waals surface area contributed by atoms with Gasteiger partial charge >= 0.3 is 0 Å². The normalized spacial score (nSPS) is 32.5. The maximum absolute atomic E-state index is 7.88. The molecule has 0 bridgehead atoms. The molecular weight excluding hydrogens is 162 g/mol. The highest BCUT2D eigenvalue weighted by Crippen LogP contribution is 2.29. The molecule has 2 unspecified atom stereocenters. The maximum atomic E-state index is 7.88. The monoisotopic (exact) mass is 187 g/mol. The van der Waals surface area contributed by atoms with Gasteiger partial charge in [-0.05, 0) is 38.1 Å². The Morgan fingerprint density at radius 2 is 1.62 bits per heavy atom. The quantitative estimate of drug-likeness (QED) is 0.693. The minimum absolute atomic E-state index is 0.319. The van der Waals surface area contributed by atoms with E-state index in [-0.39, 0.29) is 0 Å². The van der Waals surface area contributed by atoms with Crippen LogP contribution in [0.25, 0.3) is 0 Å². The summed E-state index contributed by atoms with van der Waals surface area (Å²) in [6.45, 7) is 6.93. The van der Waals surface area contributed by atoms with Crippen LogP contribution in [-0.4, -0.2) is 24.8 Å². The molecule has 0 amide bonds. The molecule has 1 aliphatic carbocycles. The Balaban J connectivity index is 0.000000310. The Bertz CT molecular complexity index is 105. The first-order chi connectivity index (χ1) is 6.17. The van der Waals surface area contributed by atoms with Gasteiger partial charge in [-0.1, -0.05) is 20.8 Å². The van der Waals surface area contributed by atoms with Crippen LogP contribution in [0.1, 0.15) is 40.0 Å². The number of hydrogen-bond acceptors (Lipinski definition) is 2. The molecule has 0 saturated heterocycles. The zero-order valence-corrected chi connectivity index (χ0v) is 9.51. The van der Waals surface area contributed by atoms with Crippen LogP contribution in [0.5, 0.6) is 0 Å². The molecule has 2 nitrogen and oxygen atoms in total. The van der Waals surface area contributed by atoms with Crippen molar-refractivity contribution in [1.82, 2.24) is 5.32 Å². The van der Waals surface area contributed by atoms with Crippen molar-refractivity contribution in [3.63, 3.8) is 0 Å². The minimum atomic E-state index is 0.319. The van der Waals surface area contributed by atoms with Gasteiger partial charge < -0.3 is 10.4 Å². The topological polar surface area (TPSA) is 32.3 Å². The Morgan fingerprint density at radius 3 is 1.77 bits per heavy atom. The summed E-state index contributed by atoms with van der Waals surface area (Å²) in [6.07, 6.45) is 3.69. The third-order valence-corrected chi connectivity index (χ3v) is 2.86. The van der Waals surface area contributed by atoms with Crippen molar-refractivity contribution >= 4 is 0 Å². The Kier molecular flexibility index (Phi) is 7.29. The second kappa shape index (κ2) is 7.34. The van der Waals surface area contributed by atoms with Gasteiger partial charge in [0, 0.05) is 12.6 Å². The lowest BCUT2D eigenvalue weighted by atomic mass is 10.0. The molecule has 13 heavy (non-hydrogen) atoms. The summed E-state index contributed by atoms with van der Waals surface area (Å²) in [5, 5.41) is 11.2. The first-order valence-electron chi connectivity index (χ1n) is 5.45. The van der Waals surface area contributed by atoms with Gasteiger partial charge in [-0.3, -0.25) is 0 Å². The predicted molar refractivity (Wildman–Crippen MR) is 57.8 cm³/mol. The summed E-state index contributed by atoms with van der Waals surface area (Å²) in [4.78, 5) is 0. The Morgan fingerprint density at radius 1 is 1.23 bits per heavy atom. The van der Waals surface area contributed by atoms with Gasteiger partial charge in [0.15, 0.2) is 0 Å². The highest BCUT2D eigenvalue weighted by Gasteiger charge is 2.28. The lowest BCUT2D eigenvalue weighted by Crippen LogP contribution is -2.32. The molecule has 0 aliphatic heterocycles. The van der Waals surface area contributed by atoms with Crippen LogP contribution in [0.2, 0.25) is 0 Å². The Labute approximate surface area is 82.7 Å². The fourth-order valence-electron chi connectivity index (χ4n) is 2.01. The van der Waals surface area contributed by atoms with Crippen LogP contribution < -0.4 is 5.32 Å². The Hall–Kier alpha value is -0.0800. The third-order valence-electron chi connectivity index (χ3n) is 2.86. The SMILES string of the molecule is CCCO.CNC1C(C)CCC1C. The van der Waals surface area contributed by atoms with Gasteiger partial charge in [-0.25, -0.2) is 0 Å². The van der Waals surface area contributed by atoms with Crippen LogP contribution in [0, 0.1) is 11.8 Å². The van der Waals surface area contributed by atoms with E-state index in [1.54, 1.807) is 0 Å². The fourth-order valence-corrected chi connectivity index (χ4v) is 2.01. The van der Waals surface area contributed by atoms with Crippen LogP contribution in [0.15, 0.2) is 0 Å². The number of hydrogen-bond donors (Lipinski definition) is 2. The average molecular weight is 187 g/mol. The first kappa shape index (κ1) is 12.9. The van der Waals surface area contributed by atoms with E-state index in [1.807, 2.05) is 6.92 Å². The molecule has 2 heteroatoms. The summed E-state index contributed by atoms with van der Waals surface area (Å²) in [7, 11) is 2.07. The summed E-state index contributed by atoms with van der Waals surface area (Å²) in [5.74, 6) is 1.79. The van der Waals surface area contributed by atoms with Gasteiger partial charge in [-0.2, -0.15) is 0 Å². The molecule has 1 fully saturated rings. The van der Waals surface area contributed by atoms with E-state index in [2.05, 4.69) is 26.2 Å². The second-order valence-electron chi connectivity index (χ2n) is 4.07. The molecular formula is C11H25NO. The maximum Gasteiger partial charge on any atom is 0.0428 e. The van der Waals surface area contributed by atoms with E-state index in [0.717, 1.165) is 24.3 Å². The highest BCUT2D eigenvalue weighted by atomic mass is 16.2. The molecule has 2 atom stereocenters. The zero-order chi connectivity index (χ0) is 10.3. The van der Waals surface area contributed by atoms with Gasteiger partial charge in [0.25, 0.3) is 0 Å². The number of aliphatic hydroxyl groups is 1. The van der Waals surface area contributed by atoms with Crippen molar-refractivity contribution in [3.05, 3.63) is 0 Å². The van der Waals surface area contributed by atoms with E-state index in [4.69, 9.17) is 5.11 Å². The molecule has 0 aromatic rings. The van der Waals surface area contributed by atoms with Crippen LogP contribution >= 0.6 is 0 Å². The van der Waals surface area contributed by atoms with E-state index in [9.17, 15) is 0 Å². The standard InChI is InChI=1S/C8H17N.C3H8O/c1-6-4-5-7(2)8(6)9-3;1-2-3-4/h6-9H,4-5H2,1-3H3;4H,2-3H2,1H3. The van der Waals surface area contributed by atoms with Crippen molar-refractivity contribution in [3.8, 4) is 0 Å². The lowest BCUT2D eigenvalue weighted by molar-refractivity contribution is 0.295. The van der Waals surface area contributed by atoms with Gasteiger partial charge in [0.1, 0.15) is 0 Å². The molecule has 2 N–H and O–H groups in total. The molecule has 0 aromatic carbocycles. The summed E-state index contributed by atoms with van der Waals surface area (Å²) in [6, 6.07) is 0.782. The number of aliphatic hydroxyl groups excluding tert-OH is 1. The predicted octanol–water partition coefficient (Wildman–Crippen LogP) is 2.03. The molecule has 0 heterocycles. The van der Waals surface area contributed by atoms with E-state index in [1.165, 1.54) is 12.8 Å². The molecule has 1 saturated carbocycles. The van der Waals surface area contributed by atoms with Crippen LogP contribution in [0.3, 0.4) is 0 Å². The smallest absolute Gasteiger partial charge is 0.0428 e. The average Bonchev–Trinajstić information content (AvgIpc) is 2.46. The van der Waals surface area contributed by atoms with Crippen molar-refractivity contribution < 1.29 is 5.11 Å². The largest absolute Gasteiger partial charge is 0.396 e. The van der Waals surface area contributed by atoms with Crippen molar-refractivity contribution in [2.75, 3.05) is 13.7 Å². The second-order valence-corrected chi connectivity index (χ2v) is 4.07. The molecule has 1 rings (SSSR count). The third kappa shape index (κ3) is 4.63. The zero-order valence-electron chi connectivity index (χ0n) is 9.51. The van der Waals surface area contributed by atoms with E-state index < -0.39 is 0 Å². The molecule has 1 aliphatic rings. The molecule has 80 valence electrons. The summed E-state index contributed by atoms with van der Waals surface area (Å²) in [5.41, 5.74) is 0. The van der Waals surface area contributed by atoms with Gasteiger partial charge in [0.05, 0.1) is 0 Å². The number of nitrogens with one attached hydrogen (secondary N) is 1. The summed E-state index contributed by atoms with van der Waals surface area (Å²) >= 11 is 0. The molecule has 0 aromatic heterocycles. The van der Waals surface area contributed by atoms with Crippen molar-refractivity contribution in [2.24, 2.45) is 11.8 Å². The van der Waals surface area contributed by atoms with Gasteiger partial charge in [-0.15, -0.1) is 0 Å². The van der Waals surface area contributed by atoms with E-state index >= 15 is 0 Å². The fraction of sp³-hybridized carbons (Fsp3) is 1.00. The molecule has 0 spiro atoms. The lowest BCUT2D eigenvalue weighted by Gasteiger charge is -2.18. The van der Waals surface area contributed by atoms with Crippen molar-refractivity contribution in [1.29, 1.82) is 0 Å².